The smallest absolute Gasteiger partial charge is 0.0531 e. The minimum atomic E-state index is 0. The second-order valence-corrected chi connectivity index (χ2v) is 5.62. The molecule has 0 aliphatic heterocycles. The molecule has 0 aromatic carbocycles. The van der Waals surface area contributed by atoms with Crippen LogP contribution in [0.25, 0.3) is 6.15 Å². The predicted molar refractivity (Wildman–Crippen MR) is 102 cm³/mol. The monoisotopic (exact) mass is 556 g/mol. The third-order valence-electron chi connectivity index (χ3n) is 3.60. The fraction of sp³-hybridized carbons (Fsp3) is 1.00. The van der Waals surface area contributed by atoms with Crippen molar-refractivity contribution in [2.45, 2.75) is 71.3 Å². The van der Waals surface area contributed by atoms with Crippen molar-refractivity contribution >= 4 is 24.8 Å². The number of methoxy groups -OCH3 is 1. The number of hydrogen-bond donors (Lipinski definition) is 1. The van der Waals surface area contributed by atoms with Gasteiger partial charge in [0.05, 0.1) is 13.2 Å². The average molecular weight is 557 g/mol. The van der Waals surface area contributed by atoms with E-state index < -0.39 is 0 Å². The molecule has 0 rings (SSSR count). The van der Waals surface area contributed by atoms with Crippen LogP contribution in [0.15, 0.2) is 0 Å². The van der Waals surface area contributed by atoms with Gasteiger partial charge in [-0.15, -0.1) is 24.8 Å². The molecule has 0 saturated heterocycles. The summed E-state index contributed by atoms with van der Waals surface area (Å²) in [5, 5.41) is 0. The third kappa shape index (κ3) is 25.5. The van der Waals surface area contributed by atoms with E-state index in [4.69, 9.17) is 15.2 Å². The molecule has 4 N–H and O–H groups in total. The van der Waals surface area contributed by atoms with Crippen LogP contribution in [0.1, 0.15) is 65.2 Å². The largest absolute Gasteiger partial charge is 0.693 e. The molecule has 2 atom stereocenters. The summed E-state index contributed by atoms with van der Waals surface area (Å²) in [4.78, 5) is 0. The van der Waals surface area contributed by atoms with Crippen molar-refractivity contribution in [3.05, 3.63) is 6.15 Å². The van der Waals surface area contributed by atoms with E-state index in [-0.39, 0.29) is 58.1 Å². The zero-order valence-corrected chi connectivity index (χ0v) is 18.9. The van der Waals surface area contributed by atoms with Crippen molar-refractivity contribution in [2.24, 2.45) is 11.7 Å². The maximum atomic E-state index is 5.88. The minimum Gasteiger partial charge on any atom is -0.693 e. The van der Waals surface area contributed by atoms with E-state index in [2.05, 4.69) is 6.92 Å². The molecule has 0 radical (unpaired) electrons. The quantitative estimate of drug-likeness (QED) is 0.294. The molecule has 4 nitrogen and oxygen atoms in total. The first-order valence-corrected chi connectivity index (χ1v) is 8.04. The molecule has 0 aromatic heterocycles. The van der Waals surface area contributed by atoms with E-state index in [9.17, 15) is 0 Å². The number of nitrogens with two attached hydrogens (primary N) is 2. The van der Waals surface area contributed by atoms with Crippen LogP contribution in [-0.2, 0) is 30.5 Å². The van der Waals surface area contributed by atoms with Crippen LogP contribution in [0.4, 0.5) is 0 Å². The Kier molecular flexibility index (Phi) is 42.8. The number of ether oxygens (including phenoxy) is 2. The first kappa shape index (κ1) is 35.3. The van der Waals surface area contributed by atoms with Crippen LogP contribution in [0, 0.1) is 5.92 Å². The number of rotatable bonds is 14. The second-order valence-electron chi connectivity index (χ2n) is 5.62. The summed E-state index contributed by atoms with van der Waals surface area (Å²) < 4.78 is 10.8. The molecule has 0 aliphatic carbocycles. The van der Waals surface area contributed by atoms with Crippen LogP contribution < -0.4 is 5.73 Å². The van der Waals surface area contributed by atoms with Crippen LogP contribution in [0.2, 0.25) is 0 Å². The summed E-state index contributed by atoms with van der Waals surface area (Å²) in [7, 11) is 1.72. The SMILES string of the molecule is CCCCCCCCCCOCC(COC)C(C)N.Cl.Cl.[NH2-].[Pt]. The fourth-order valence-electron chi connectivity index (χ4n) is 2.14. The van der Waals surface area contributed by atoms with Gasteiger partial charge in [0.25, 0.3) is 0 Å². The maximum Gasteiger partial charge on any atom is 0.0531 e. The summed E-state index contributed by atoms with van der Waals surface area (Å²) in [6.45, 7) is 6.55. The van der Waals surface area contributed by atoms with Crippen molar-refractivity contribution in [3.8, 4) is 0 Å². The van der Waals surface area contributed by atoms with Crippen LogP contribution >= 0.6 is 24.8 Å². The molecule has 150 valence electrons. The van der Waals surface area contributed by atoms with E-state index in [1.165, 1.54) is 51.4 Å². The Hall–Kier alpha value is 1.11. The van der Waals surface area contributed by atoms with E-state index in [0.717, 1.165) is 13.2 Å². The van der Waals surface area contributed by atoms with E-state index in [0.29, 0.717) is 12.5 Å². The Morgan fingerprint density at radius 1 is 0.870 bits per heavy atom. The fourth-order valence-corrected chi connectivity index (χ4v) is 2.14. The van der Waals surface area contributed by atoms with Gasteiger partial charge in [0, 0.05) is 46.7 Å². The van der Waals surface area contributed by atoms with Gasteiger partial charge in [-0.05, 0) is 13.3 Å². The normalized spacial score (nSPS) is 12.0. The summed E-state index contributed by atoms with van der Waals surface area (Å²) >= 11 is 0. The molecule has 0 heterocycles. The number of unbranched alkanes of at least 4 members (excludes halogenated alkanes) is 7. The van der Waals surface area contributed by atoms with E-state index in [1.807, 2.05) is 6.92 Å². The van der Waals surface area contributed by atoms with Gasteiger partial charge in [0.1, 0.15) is 0 Å². The molecular formula is C16H39Cl2N2O2Pt-. The van der Waals surface area contributed by atoms with Gasteiger partial charge >= 0.3 is 0 Å². The molecule has 0 bridgehead atoms. The van der Waals surface area contributed by atoms with Gasteiger partial charge in [0.2, 0.25) is 0 Å². The van der Waals surface area contributed by atoms with E-state index in [1.54, 1.807) is 7.11 Å². The number of halogens is 2. The Balaban J connectivity index is -0.000000270. The molecule has 0 amide bonds. The van der Waals surface area contributed by atoms with Gasteiger partial charge in [0.15, 0.2) is 0 Å². The molecule has 7 heteroatoms. The third-order valence-corrected chi connectivity index (χ3v) is 3.60. The second kappa shape index (κ2) is 27.9. The summed E-state index contributed by atoms with van der Waals surface area (Å²) in [5.74, 6) is 0.319. The maximum absolute atomic E-state index is 5.88. The Labute approximate surface area is 171 Å². The summed E-state index contributed by atoms with van der Waals surface area (Å²) in [5.41, 5.74) is 5.88. The molecule has 0 fully saturated rings. The molecule has 23 heavy (non-hydrogen) atoms. The van der Waals surface area contributed by atoms with Crippen LogP contribution in [0.3, 0.4) is 0 Å². The molecule has 2 unspecified atom stereocenters. The average Bonchev–Trinajstić information content (AvgIpc) is 2.39. The molecular weight excluding hydrogens is 518 g/mol. The van der Waals surface area contributed by atoms with Crippen LogP contribution in [0.5, 0.6) is 0 Å². The zero-order chi connectivity index (χ0) is 14.3. The van der Waals surface area contributed by atoms with Gasteiger partial charge in [-0.1, -0.05) is 51.9 Å². The Bertz CT molecular complexity index is 193. The minimum absolute atomic E-state index is 0. The Morgan fingerprint density at radius 2 is 1.35 bits per heavy atom. The Morgan fingerprint density at radius 3 is 1.78 bits per heavy atom. The van der Waals surface area contributed by atoms with Crippen LogP contribution in [-0.4, -0.2) is 33.0 Å². The van der Waals surface area contributed by atoms with Crippen molar-refractivity contribution < 1.29 is 30.5 Å². The van der Waals surface area contributed by atoms with Gasteiger partial charge in [-0.3, -0.25) is 0 Å². The first-order chi connectivity index (χ1) is 9.22. The molecule has 0 aromatic rings. The van der Waals surface area contributed by atoms with Crippen molar-refractivity contribution in [1.82, 2.24) is 0 Å². The molecule has 0 saturated carbocycles. The zero-order valence-electron chi connectivity index (χ0n) is 15.0. The van der Waals surface area contributed by atoms with Crippen molar-refractivity contribution in [2.75, 3.05) is 26.9 Å². The molecule has 0 aliphatic rings. The standard InChI is InChI=1S/C16H35NO2.2ClH.H2N.Pt/c1-4-5-6-7-8-9-10-11-12-19-14-16(13-18-3)15(2)17;;;;/h15-16H,4-14,17H2,1-3H3;2*1H;1H2;/q;;;-1;. The summed E-state index contributed by atoms with van der Waals surface area (Å²) in [6, 6.07) is 0.138. The van der Waals surface area contributed by atoms with Crippen molar-refractivity contribution in [1.29, 1.82) is 0 Å². The van der Waals surface area contributed by atoms with Gasteiger partial charge in [-0.2, -0.15) is 0 Å². The predicted octanol–water partition coefficient (Wildman–Crippen LogP) is 5.31. The van der Waals surface area contributed by atoms with Gasteiger partial charge in [-0.25, -0.2) is 0 Å². The van der Waals surface area contributed by atoms with E-state index >= 15 is 0 Å². The first-order valence-electron chi connectivity index (χ1n) is 8.04. The topological polar surface area (TPSA) is 78.0 Å². The number of hydrogen-bond acceptors (Lipinski definition) is 3. The van der Waals surface area contributed by atoms with Gasteiger partial charge < -0.3 is 21.4 Å². The summed E-state index contributed by atoms with van der Waals surface area (Å²) in [6.07, 6.45) is 10.7. The van der Waals surface area contributed by atoms with Crippen molar-refractivity contribution in [3.63, 3.8) is 0 Å². The molecule has 0 spiro atoms.